The van der Waals surface area contributed by atoms with Gasteiger partial charge in [0, 0.05) is 6.08 Å². The Kier molecular flexibility index (Phi) is 9.89. The maximum Gasteiger partial charge on any atom is 0.326 e. The first-order valence-electron chi connectivity index (χ1n) is 9.08. The average Bonchev–Trinajstić information content (AvgIpc) is 3.11. The minimum absolute atomic E-state index is 0.105. The molecule has 2 atom stereocenters. The Hall–Kier alpha value is -2.61. The molecule has 0 spiro atoms. The normalized spacial score (nSPS) is 13.5. The third kappa shape index (κ3) is 9.05. The Balaban J connectivity index is 2.74. The summed E-state index contributed by atoms with van der Waals surface area (Å²) in [5.41, 5.74) is 5.48. The van der Waals surface area contributed by atoms with Gasteiger partial charge in [0.25, 0.3) is 0 Å². The van der Waals surface area contributed by atoms with E-state index >= 15 is 0 Å². The molecule has 0 unspecified atom stereocenters. The molecule has 8 nitrogen and oxygen atoms in total. The lowest BCUT2D eigenvalue weighted by Crippen LogP contribution is -2.51. The molecule has 0 saturated heterocycles. The number of carbonyl (C=O) groups is 3. The lowest BCUT2D eigenvalue weighted by atomic mass is 10.0. The Morgan fingerprint density at radius 3 is 2.52 bits per heavy atom. The van der Waals surface area contributed by atoms with Gasteiger partial charge in [0.15, 0.2) is 0 Å². The van der Waals surface area contributed by atoms with Crippen molar-refractivity contribution in [3.63, 3.8) is 0 Å². The van der Waals surface area contributed by atoms with Crippen LogP contribution >= 0.6 is 0 Å². The quantitative estimate of drug-likeness (QED) is 0.321. The number of aliphatic carboxylic acids is 1. The summed E-state index contributed by atoms with van der Waals surface area (Å²) in [6, 6.07) is 1.56. The summed E-state index contributed by atoms with van der Waals surface area (Å²) in [6.07, 6.45) is 6.27. The number of nitrogens with one attached hydrogen (secondary N) is 2. The highest BCUT2D eigenvalue weighted by atomic mass is 16.4. The molecule has 2 amide bonds. The van der Waals surface area contributed by atoms with Crippen molar-refractivity contribution in [2.45, 2.75) is 51.6 Å². The van der Waals surface area contributed by atoms with E-state index in [4.69, 9.17) is 10.2 Å². The summed E-state index contributed by atoms with van der Waals surface area (Å²) in [7, 11) is 0. The van der Waals surface area contributed by atoms with E-state index in [2.05, 4.69) is 10.6 Å². The largest absolute Gasteiger partial charge is 0.480 e. The fourth-order valence-corrected chi connectivity index (χ4v) is 2.49. The van der Waals surface area contributed by atoms with Gasteiger partial charge in [0.05, 0.1) is 6.26 Å². The van der Waals surface area contributed by atoms with Gasteiger partial charge in [-0.2, -0.15) is 0 Å². The first-order valence-corrected chi connectivity index (χ1v) is 9.08. The van der Waals surface area contributed by atoms with Crippen LogP contribution in [0.1, 0.15) is 45.3 Å². The Bertz CT molecular complexity index is 625. The average molecular weight is 379 g/mol. The van der Waals surface area contributed by atoms with E-state index in [-0.39, 0.29) is 5.92 Å². The molecule has 27 heavy (non-hydrogen) atoms. The molecular weight excluding hydrogens is 350 g/mol. The fourth-order valence-electron chi connectivity index (χ4n) is 2.49. The Labute approximate surface area is 159 Å². The van der Waals surface area contributed by atoms with Crippen molar-refractivity contribution < 1.29 is 23.9 Å². The summed E-state index contributed by atoms with van der Waals surface area (Å²) in [5.74, 6) is -1.46. The van der Waals surface area contributed by atoms with Crippen LogP contribution in [0.15, 0.2) is 28.9 Å². The van der Waals surface area contributed by atoms with E-state index in [9.17, 15) is 19.5 Å². The predicted molar refractivity (Wildman–Crippen MR) is 102 cm³/mol. The van der Waals surface area contributed by atoms with Crippen LogP contribution in [0.2, 0.25) is 0 Å². The molecule has 0 aromatic carbocycles. The summed E-state index contributed by atoms with van der Waals surface area (Å²) < 4.78 is 5.11. The molecule has 0 aliphatic rings. The van der Waals surface area contributed by atoms with Gasteiger partial charge in [-0.25, -0.2) is 4.79 Å². The van der Waals surface area contributed by atoms with Gasteiger partial charge in [-0.05, 0) is 56.4 Å². The fraction of sp³-hybridized carbons (Fsp3) is 0.526. The molecule has 1 aromatic heterocycles. The van der Waals surface area contributed by atoms with Crippen LogP contribution in [0.3, 0.4) is 0 Å². The minimum atomic E-state index is -1.10. The first-order chi connectivity index (χ1) is 12.8. The molecule has 0 fully saturated rings. The van der Waals surface area contributed by atoms with Gasteiger partial charge in [0.1, 0.15) is 17.8 Å². The van der Waals surface area contributed by atoms with Gasteiger partial charge in [-0.15, -0.1) is 0 Å². The molecule has 0 aliphatic heterocycles. The van der Waals surface area contributed by atoms with Crippen molar-refractivity contribution >= 4 is 23.9 Å². The molecule has 8 heteroatoms. The molecule has 1 rings (SSSR count). The lowest BCUT2D eigenvalue weighted by molar-refractivity contribution is -0.142. The van der Waals surface area contributed by atoms with Gasteiger partial charge in [-0.1, -0.05) is 13.8 Å². The summed E-state index contributed by atoms with van der Waals surface area (Å²) >= 11 is 0. The number of nitrogens with two attached hydrogens (primary N) is 1. The molecular formula is C19H29N3O5. The van der Waals surface area contributed by atoms with Gasteiger partial charge >= 0.3 is 5.97 Å². The molecule has 0 bridgehead atoms. The first kappa shape index (κ1) is 22.4. The number of hydrogen-bond donors (Lipinski definition) is 4. The second-order valence-corrected chi connectivity index (χ2v) is 6.72. The zero-order valence-electron chi connectivity index (χ0n) is 15.8. The standard InChI is InChI=1S/C19H29N3O5/c1-13(2)12-16(19(25)26)22-18(24)15(7-3-4-10-20)21-17(23)9-8-14-6-5-11-27-14/h5-6,8-9,11,13,15-16H,3-4,7,10,12,20H2,1-2H3,(H,21,23)(H,22,24)(H,25,26)/b9-8-/t15-,16-/m0/s1. The number of hydrogen-bond acceptors (Lipinski definition) is 5. The molecule has 1 heterocycles. The number of furan rings is 1. The van der Waals surface area contributed by atoms with Crippen LogP contribution in [-0.4, -0.2) is 41.5 Å². The van der Waals surface area contributed by atoms with Gasteiger partial charge in [-0.3, -0.25) is 9.59 Å². The lowest BCUT2D eigenvalue weighted by Gasteiger charge is -2.22. The van der Waals surface area contributed by atoms with Crippen molar-refractivity contribution in [2.24, 2.45) is 11.7 Å². The number of carboxylic acid groups (broad SMARTS) is 1. The number of carbonyl (C=O) groups excluding carboxylic acids is 2. The highest BCUT2D eigenvalue weighted by Gasteiger charge is 2.26. The molecule has 0 saturated carbocycles. The zero-order valence-corrected chi connectivity index (χ0v) is 15.8. The van der Waals surface area contributed by atoms with E-state index in [1.807, 2.05) is 13.8 Å². The van der Waals surface area contributed by atoms with Crippen LogP contribution in [0.25, 0.3) is 6.08 Å². The van der Waals surface area contributed by atoms with Crippen molar-refractivity contribution in [2.75, 3.05) is 6.54 Å². The summed E-state index contributed by atoms with van der Waals surface area (Å²) in [5, 5.41) is 14.4. The van der Waals surface area contributed by atoms with Gasteiger partial charge in [0.2, 0.25) is 11.8 Å². The zero-order chi connectivity index (χ0) is 20.2. The van der Waals surface area contributed by atoms with E-state index in [1.165, 1.54) is 18.4 Å². The topological polar surface area (TPSA) is 135 Å². The van der Waals surface area contributed by atoms with Crippen molar-refractivity contribution in [3.8, 4) is 0 Å². The number of amides is 2. The Morgan fingerprint density at radius 1 is 1.22 bits per heavy atom. The van der Waals surface area contributed by atoms with Gasteiger partial charge < -0.3 is 25.9 Å². The number of carboxylic acids is 1. The third-order valence-electron chi connectivity index (χ3n) is 3.84. The molecule has 5 N–H and O–H groups in total. The maximum absolute atomic E-state index is 12.5. The van der Waals surface area contributed by atoms with Crippen molar-refractivity contribution in [1.82, 2.24) is 10.6 Å². The van der Waals surface area contributed by atoms with E-state index in [0.29, 0.717) is 38.0 Å². The molecule has 0 aliphatic carbocycles. The molecule has 0 radical (unpaired) electrons. The Morgan fingerprint density at radius 2 is 1.96 bits per heavy atom. The third-order valence-corrected chi connectivity index (χ3v) is 3.84. The summed E-state index contributed by atoms with van der Waals surface area (Å²) in [4.78, 5) is 36.0. The van der Waals surface area contributed by atoms with Crippen LogP contribution in [0.4, 0.5) is 0 Å². The smallest absolute Gasteiger partial charge is 0.326 e. The number of unbranched alkanes of at least 4 members (excludes halogenated alkanes) is 1. The minimum Gasteiger partial charge on any atom is -0.480 e. The highest BCUT2D eigenvalue weighted by Crippen LogP contribution is 2.08. The van der Waals surface area contributed by atoms with E-state index < -0.39 is 29.9 Å². The maximum atomic E-state index is 12.5. The predicted octanol–water partition coefficient (Wildman–Crippen LogP) is 1.52. The van der Waals surface area contributed by atoms with E-state index in [1.54, 1.807) is 12.1 Å². The second kappa shape index (κ2) is 11.9. The molecule has 1 aromatic rings. The SMILES string of the molecule is CC(C)C[C@H](NC(=O)[C@H](CCCCN)NC(=O)/C=C\c1ccco1)C(=O)O. The van der Waals surface area contributed by atoms with Crippen LogP contribution in [0, 0.1) is 5.92 Å². The second-order valence-electron chi connectivity index (χ2n) is 6.72. The number of rotatable bonds is 12. The molecule has 150 valence electrons. The van der Waals surface area contributed by atoms with Crippen molar-refractivity contribution in [3.05, 3.63) is 30.2 Å². The van der Waals surface area contributed by atoms with Crippen LogP contribution < -0.4 is 16.4 Å². The van der Waals surface area contributed by atoms with Crippen LogP contribution in [-0.2, 0) is 14.4 Å². The summed E-state index contributed by atoms with van der Waals surface area (Å²) in [6.45, 7) is 4.23. The van der Waals surface area contributed by atoms with Crippen molar-refractivity contribution in [1.29, 1.82) is 0 Å². The highest BCUT2D eigenvalue weighted by molar-refractivity contribution is 5.96. The van der Waals surface area contributed by atoms with E-state index in [0.717, 1.165) is 0 Å². The van der Waals surface area contributed by atoms with Crippen LogP contribution in [0.5, 0.6) is 0 Å². The monoisotopic (exact) mass is 379 g/mol.